The summed E-state index contributed by atoms with van der Waals surface area (Å²) in [6.45, 7) is 1.87. The third-order valence-corrected chi connectivity index (χ3v) is 3.45. The Hall–Kier alpha value is -2.07. The van der Waals surface area contributed by atoms with Crippen LogP contribution < -0.4 is 5.32 Å². The molecular formula is C16H14BrNO2. The first-order valence-corrected chi connectivity index (χ1v) is 6.89. The Morgan fingerprint density at radius 3 is 2.70 bits per heavy atom. The van der Waals surface area contributed by atoms with Gasteiger partial charge in [0.1, 0.15) is 5.75 Å². The number of phenolic OH excluding ortho intramolecular Hbond substituents is 1. The van der Waals surface area contributed by atoms with Crippen molar-refractivity contribution >= 4 is 33.6 Å². The Kier molecular flexibility index (Phi) is 4.58. The summed E-state index contributed by atoms with van der Waals surface area (Å²) in [5.41, 5.74) is 2.25. The Bertz CT molecular complexity index is 665. The quantitative estimate of drug-likeness (QED) is 0.656. The molecule has 0 aliphatic heterocycles. The molecular weight excluding hydrogens is 318 g/mol. The van der Waals surface area contributed by atoms with Gasteiger partial charge in [0.25, 0.3) is 0 Å². The van der Waals surface area contributed by atoms with Crippen molar-refractivity contribution in [3.05, 3.63) is 64.1 Å². The van der Waals surface area contributed by atoms with E-state index in [4.69, 9.17) is 0 Å². The van der Waals surface area contributed by atoms with Gasteiger partial charge < -0.3 is 10.4 Å². The highest BCUT2D eigenvalue weighted by atomic mass is 79.9. The molecule has 0 aromatic heterocycles. The number of hydrogen-bond acceptors (Lipinski definition) is 2. The number of rotatable bonds is 3. The molecule has 3 nitrogen and oxygen atoms in total. The van der Waals surface area contributed by atoms with Crippen molar-refractivity contribution < 1.29 is 9.90 Å². The van der Waals surface area contributed by atoms with Crippen molar-refractivity contribution in [2.45, 2.75) is 6.92 Å². The highest BCUT2D eigenvalue weighted by Gasteiger charge is 2.04. The lowest BCUT2D eigenvalue weighted by Gasteiger charge is -2.05. The molecule has 20 heavy (non-hydrogen) atoms. The van der Waals surface area contributed by atoms with Crippen LogP contribution in [0.15, 0.2) is 53.0 Å². The van der Waals surface area contributed by atoms with Crippen molar-refractivity contribution in [3.8, 4) is 5.75 Å². The van der Waals surface area contributed by atoms with E-state index in [2.05, 4.69) is 21.2 Å². The Balaban J connectivity index is 2.08. The molecule has 2 rings (SSSR count). The van der Waals surface area contributed by atoms with Gasteiger partial charge in [0.2, 0.25) is 5.91 Å². The minimum atomic E-state index is -0.292. The summed E-state index contributed by atoms with van der Waals surface area (Å²) in [5, 5.41) is 12.4. The van der Waals surface area contributed by atoms with Gasteiger partial charge in [-0.1, -0.05) is 40.2 Å². The third kappa shape index (κ3) is 3.71. The second-order valence-electron chi connectivity index (χ2n) is 4.36. The molecule has 0 aliphatic carbocycles. The van der Waals surface area contributed by atoms with E-state index >= 15 is 0 Å². The van der Waals surface area contributed by atoms with Gasteiger partial charge in [-0.3, -0.25) is 4.79 Å². The van der Waals surface area contributed by atoms with E-state index in [-0.39, 0.29) is 11.7 Å². The molecule has 0 saturated carbocycles. The van der Waals surface area contributed by atoms with Crippen LogP contribution in [0.4, 0.5) is 5.69 Å². The lowest BCUT2D eigenvalue weighted by Crippen LogP contribution is -2.07. The van der Waals surface area contributed by atoms with E-state index in [1.54, 1.807) is 18.2 Å². The van der Waals surface area contributed by atoms with E-state index in [1.165, 1.54) is 6.08 Å². The molecule has 1 amide bonds. The van der Waals surface area contributed by atoms with Crippen molar-refractivity contribution in [2.24, 2.45) is 0 Å². The predicted octanol–water partition coefficient (Wildman–Crippen LogP) is 4.12. The number of nitrogens with one attached hydrogen (secondary N) is 1. The number of anilines is 1. The van der Waals surface area contributed by atoms with Gasteiger partial charge in [0.05, 0.1) is 5.69 Å². The largest absolute Gasteiger partial charge is 0.506 e. The number of hydrogen-bond donors (Lipinski definition) is 2. The van der Waals surface area contributed by atoms with Gasteiger partial charge in [-0.15, -0.1) is 0 Å². The van der Waals surface area contributed by atoms with Crippen LogP contribution in [0.25, 0.3) is 6.08 Å². The van der Waals surface area contributed by atoms with Gasteiger partial charge in [-0.2, -0.15) is 0 Å². The molecule has 2 aromatic rings. The fourth-order valence-electron chi connectivity index (χ4n) is 1.70. The summed E-state index contributed by atoms with van der Waals surface area (Å²) in [5.74, 6) is -0.229. The average molecular weight is 332 g/mol. The maximum absolute atomic E-state index is 11.8. The zero-order chi connectivity index (χ0) is 14.5. The van der Waals surface area contributed by atoms with Crippen molar-refractivity contribution in [1.82, 2.24) is 0 Å². The number of benzene rings is 2. The Labute approximate surface area is 126 Å². The fraction of sp³-hybridized carbons (Fsp3) is 0.0625. The van der Waals surface area contributed by atoms with Gasteiger partial charge in [0, 0.05) is 10.5 Å². The van der Waals surface area contributed by atoms with Crippen LogP contribution in [0.3, 0.4) is 0 Å². The van der Waals surface area contributed by atoms with Gasteiger partial charge in [-0.25, -0.2) is 0 Å². The number of halogens is 1. The zero-order valence-corrected chi connectivity index (χ0v) is 12.5. The van der Waals surface area contributed by atoms with Crippen LogP contribution >= 0.6 is 15.9 Å². The Morgan fingerprint density at radius 2 is 2.00 bits per heavy atom. The van der Waals surface area contributed by atoms with Crippen LogP contribution in [0.5, 0.6) is 5.75 Å². The van der Waals surface area contributed by atoms with E-state index < -0.39 is 0 Å². The lowest BCUT2D eigenvalue weighted by molar-refractivity contribution is -0.111. The molecule has 0 radical (unpaired) electrons. The molecule has 0 unspecified atom stereocenters. The van der Waals surface area contributed by atoms with Crippen LogP contribution in [-0.4, -0.2) is 11.0 Å². The first-order valence-electron chi connectivity index (χ1n) is 6.09. The Morgan fingerprint density at radius 1 is 1.25 bits per heavy atom. The average Bonchev–Trinajstić information content (AvgIpc) is 2.41. The fourth-order valence-corrected chi connectivity index (χ4v) is 2.11. The number of phenols is 1. The van der Waals surface area contributed by atoms with E-state index in [0.29, 0.717) is 5.69 Å². The second kappa shape index (κ2) is 6.39. The molecule has 0 spiro atoms. The van der Waals surface area contributed by atoms with E-state index in [0.717, 1.165) is 15.6 Å². The number of carbonyl (C=O) groups excluding carboxylic acids is 1. The number of amides is 1. The standard InChI is InChI=1S/C16H14BrNO2/c1-11-6-8-14(15(19)10-11)18-16(20)9-7-12-4-2-3-5-13(12)17/h2-10,19H,1H3,(H,18,20)/b9-7+. The highest BCUT2D eigenvalue weighted by molar-refractivity contribution is 9.10. The third-order valence-electron chi connectivity index (χ3n) is 2.73. The summed E-state index contributed by atoms with van der Waals surface area (Å²) in [6.07, 6.45) is 3.14. The summed E-state index contributed by atoms with van der Waals surface area (Å²) < 4.78 is 0.919. The van der Waals surface area contributed by atoms with Crippen LogP contribution in [0.2, 0.25) is 0 Å². The maximum atomic E-state index is 11.8. The molecule has 0 heterocycles. The summed E-state index contributed by atoms with van der Waals surface area (Å²) in [4.78, 5) is 11.8. The van der Waals surface area contributed by atoms with Crippen molar-refractivity contribution in [1.29, 1.82) is 0 Å². The molecule has 2 aromatic carbocycles. The smallest absolute Gasteiger partial charge is 0.248 e. The predicted molar refractivity (Wildman–Crippen MR) is 84.6 cm³/mol. The molecule has 102 valence electrons. The maximum Gasteiger partial charge on any atom is 0.248 e. The molecule has 0 atom stereocenters. The first kappa shape index (κ1) is 14.3. The molecule has 0 saturated heterocycles. The molecule has 0 bridgehead atoms. The van der Waals surface area contributed by atoms with Crippen LogP contribution in [0.1, 0.15) is 11.1 Å². The van der Waals surface area contributed by atoms with Crippen LogP contribution in [-0.2, 0) is 4.79 Å². The normalized spacial score (nSPS) is 10.7. The van der Waals surface area contributed by atoms with Gasteiger partial charge in [0.15, 0.2) is 0 Å². The minimum absolute atomic E-state index is 0.0626. The molecule has 0 aliphatic rings. The molecule has 0 fully saturated rings. The lowest BCUT2D eigenvalue weighted by atomic mass is 10.2. The number of carbonyl (C=O) groups is 1. The SMILES string of the molecule is Cc1ccc(NC(=O)/C=C/c2ccccc2Br)c(O)c1. The zero-order valence-electron chi connectivity index (χ0n) is 10.9. The monoisotopic (exact) mass is 331 g/mol. The van der Waals surface area contributed by atoms with E-state index in [9.17, 15) is 9.90 Å². The topological polar surface area (TPSA) is 49.3 Å². The number of aryl methyl sites for hydroxylation is 1. The highest BCUT2D eigenvalue weighted by Crippen LogP contribution is 2.24. The summed E-state index contributed by atoms with van der Waals surface area (Å²) >= 11 is 3.41. The van der Waals surface area contributed by atoms with Crippen LogP contribution in [0, 0.1) is 6.92 Å². The van der Waals surface area contributed by atoms with Crippen molar-refractivity contribution in [2.75, 3.05) is 5.32 Å². The summed E-state index contributed by atoms with van der Waals surface area (Å²) in [7, 11) is 0. The van der Waals surface area contributed by atoms with Gasteiger partial charge >= 0.3 is 0 Å². The van der Waals surface area contributed by atoms with Crippen molar-refractivity contribution in [3.63, 3.8) is 0 Å². The number of aromatic hydroxyl groups is 1. The first-order chi connectivity index (χ1) is 9.56. The van der Waals surface area contributed by atoms with E-state index in [1.807, 2.05) is 37.3 Å². The minimum Gasteiger partial charge on any atom is -0.506 e. The molecule has 4 heteroatoms. The van der Waals surface area contributed by atoms with Gasteiger partial charge in [-0.05, 0) is 42.3 Å². The molecule has 2 N–H and O–H groups in total. The summed E-state index contributed by atoms with van der Waals surface area (Å²) in [6, 6.07) is 12.7. The second-order valence-corrected chi connectivity index (χ2v) is 5.22.